The van der Waals surface area contributed by atoms with Gasteiger partial charge in [-0.1, -0.05) is 0 Å². The predicted molar refractivity (Wildman–Crippen MR) is 286 cm³/mol. The average molecular weight is 1590 g/mol. The Morgan fingerprint density at radius 1 is 0.431 bits per heavy atom. The molecule has 0 bridgehead atoms. The molecule has 0 saturated heterocycles. The molecule has 0 radical (unpaired) electrons. The van der Waals surface area contributed by atoms with E-state index in [4.69, 9.17) is 0 Å². The second-order valence-corrected chi connectivity index (χ2v) is 20.1. The first-order valence-electron chi connectivity index (χ1n) is 18.9. The van der Waals surface area contributed by atoms with E-state index in [1.165, 1.54) is 0 Å². The minimum absolute atomic E-state index is 0.0195. The number of hydrogen-bond acceptors (Lipinski definition) is 14. The normalized spacial score (nSPS) is 11.0. The van der Waals surface area contributed by atoms with E-state index < -0.39 is 92.1 Å². The maximum absolute atomic E-state index is 13.6. The number of nitrogens with zero attached hydrogens (tertiary/aromatic N) is 2. The molecule has 0 fully saturated rings. The first-order chi connectivity index (χ1) is 30.6. The fraction of sp³-hybridized carbons (Fsp3) is 0.459. The molecule has 2 rings (SSSR count). The summed E-state index contributed by atoms with van der Waals surface area (Å²) in [6.07, 6.45) is 0. The van der Waals surface area contributed by atoms with Crippen LogP contribution in [0.4, 0.5) is 11.4 Å². The maximum Gasteiger partial charge on any atom is 0.253 e. The van der Waals surface area contributed by atoms with E-state index in [1.807, 2.05) is 90.4 Å². The Hall–Kier alpha value is -1.66. The molecule has 8 amide bonds. The van der Waals surface area contributed by atoms with Crippen molar-refractivity contribution in [3.05, 3.63) is 43.7 Å². The summed E-state index contributed by atoms with van der Waals surface area (Å²) in [5.41, 5.74) is -1.63. The SMILES string of the molecule is CC(=O)N(CC(=O)NCC(CO)(CO)CNC(=O)CN(C(C)=O)c1c(I)c(C(=O)NCCO)c(I)c(C(=O)NCCO)c1I)c1c(I)c(C(=O)NCCO)c(I)c(C(=O)NCCO)c1I. The van der Waals surface area contributed by atoms with Gasteiger partial charge in [0.2, 0.25) is 23.6 Å². The highest BCUT2D eigenvalue weighted by Crippen LogP contribution is 2.39. The van der Waals surface area contributed by atoms with Gasteiger partial charge in [-0.05, 0) is 136 Å². The Labute approximate surface area is 454 Å². The third-order valence-electron chi connectivity index (χ3n) is 8.98. The van der Waals surface area contributed by atoms with Crippen LogP contribution in [0.3, 0.4) is 0 Å². The molecule has 0 heterocycles. The summed E-state index contributed by atoms with van der Waals surface area (Å²) in [5.74, 6) is -5.70. The van der Waals surface area contributed by atoms with E-state index in [-0.39, 0.29) is 108 Å². The lowest BCUT2D eigenvalue weighted by molar-refractivity contribution is -0.124. The molecule has 2 aromatic rings. The smallest absolute Gasteiger partial charge is 0.253 e. The van der Waals surface area contributed by atoms with Gasteiger partial charge in [-0.15, -0.1) is 0 Å². The summed E-state index contributed by atoms with van der Waals surface area (Å²) in [7, 11) is 0. The molecule has 0 atom stereocenters. The first-order valence-corrected chi connectivity index (χ1v) is 25.4. The van der Waals surface area contributed by atoms with Crippen LogP contribution in [0.5, 0.6) is 0 Å². The van der Waals surface area contributed by atoms with Crippen molar-refractivity contribution in [3.63, 3.8) is 0 Å². The largest absolute Gasteiger partial charge is 0.396 e. The van der Waals surface area contributed by atoms with Crippen LogP contribution in [0.1, 0.15) is 55.3 Å². The van der Waals surface area contributed by atoms with Gasteiger partial charge < -0.3 is 72.3 Å². The van der Waals surface area contributed by atoms with Gasteiger partial charge in [0.25, 0.3) is 23.6 Å². The third kappa shape index (κ3) is 15.7. The second-order valence-electron chi connectivity index (χ2n) is 13.6. The summed E-state index contributed by atoms with van der Waals surface area (Å²) in [5, 5.41) is 73.4. The zero-order valence-corrected chi connectivity index (χ0v) is 47.5. The van der Waals surface area contributed by atoms with Crippen LogP contribution >= 0.6 is 136 Å². The molecule has 12 N–H and O–H groups in total. The number of amides is 8. The number of carbonyl (C=O) groups is 8. The molecule has 0 saturated carbocycles. The highest BCUT2D eigenvalue weighted by Gasteiger charge is 2.36. The monoisotopic (exact) mass is 1590 g/mol. The number of benzene rings is 2. The van der Waals surface area contributed by atoms with Crippen LogP contribution in [0.25, 0.3) is 0 Å². The first kappa shape index (κ1) is 59.5. The highest BCUT2D eigenvalue weighted by atomic mass is 127. The molecule has 0 aromatic heterocycles. The number of rotatable bonds is 24. The molecular weight excluding hydrogens is 1540 g/mol. The molecule has 0 spiro atoms. The summed E-state index contributed by atoms with van der Waals surface area (Å²) in [6, 6.07) is 0. The number of halogens is 6. The van der Waals surface area contributed by atoms with Crippen molar-refractivity contribution < 1.29 is 69.0 Å². The van der Waals surface area contributed by atoms with Crippen LogP contribution in [0, 0.1) is 26.8 Å². The van der Waals surface area contributed by atoms with Gasteiger partial charge in [-0.2, -0.15) is 0 Å². The molecule has 360 valence electrons. The minimum atomic E-state index is -1.61. The Balaban J connectivity index is 2.48. The fourth-order valence-corrected chi connectivity index (χ4v) is 15.1. The lowest BCUT2D eigenvalue weighted by Gasteiger charge is -2.32. The molecule has 0 aliphatic rings. The van der Waals surface area contributed by atoms with Crippen LogP contribution in [0.2, 0.25) is 0 Å². The van der Waals surface area contributed by atoms with E-state index in [0.29, 0.717) is 0 Å². The predicted octanol–water partition coefficient (Wildman–Crippen LogP) is -1.19. The molecule has 2 aromatic carbocycles. The van der Waals surface area contributed by atoms with Crippen molar-refractivity contribution in [2.24, 2.45) is 5.41 Å². The van der Waals surface area contributed by atoms with Gasteiger partial charge in [0.05, 0.1) is 93.0 Å². The van der Waals surface area contributed by atoms with Crippen molar-refractivity contribution >= 4 is 194 Å². The lowest BCUT2D eigenvalue weighted by Crippen LogP contribution is -2.53. The van der Waals surface area contributed by atoms with Gasteiger partial charge in [0, 0.05) is 60.3 Å². The van der Waals surface area contributed by atoms with E-state index in [1.54, 1.807) is 45.2 Å². The summed E-state index contributed by atoms with van der Waals surface area (Å²) in [6.45, 7) is -3.62. The Morgan fingerprint density at radius 2 is 0.677 bits per heavy atom. The number of anilines is 2. The standard InChI is InChI=1S/C37H46I6N8O14/c1-17(58)50(31-27(40)21(33(62)44-3-7-52)25(38)22(28(31)41)34(63)45-4-8-53)11-19(60)48-13-37(15-56,16-57)14-49-20(61)12-51(18(2)59)32-29(42)23(35(64)46-5-9-54)26(39)24(30(32)43)36(65)47-6-10-55/h52-57H,3-16H2,1-2H3,(H,44,62)(H,45,63)(H,46,64)(H,47,65)(H,48,60)(H,49,61). The quantitative estimate of drug-likeness (QED) is 0.0551. The summed E-state index contributed by atoms with van der Waals surface area (Å²) in [4.78, 5) is 109. The van der Waals surface area contributed by atoms with Gasteiger partial charge in [-0.3, -0.25) is 38.4 Å². The van der Waals surface area contributed by atoms with Gasteiger partial charge in [0.1, 0.15) is 13.1 Å². The molecule has 0 aliphatic heterocycles. The van der Waals surface area contributed by atoms with E-state index in [2.05, 4.69) is 31.9 Å². The topological polar surface area (TPSA) is 337 Å². The maximum atomic E-state index is 13.6. The number of aliphatic hydroxyl groups is 6. The number of nitrogens with one attached hydrogen (secondary N) is 6. The van der Waals surface area contributed by atoms with Crippen LogP contribution in [0.15, 0.2) is 0 Å². The summed E-state index contributed by atoms with van der Waals surface area (Å²) >= 11 is 10.8. The van der Waals surface area contributed by atoms with Gasteiger partial charge in [0.15, 0.2) is 0 Å². The second kappa shape index (κ2) is 28.7. The van der Waals surface area contributed by atoms with Crippen LogP contribution in [-0.2, 0) is 19.2 Å². The molecule has 0 aliphatic carbocycles. The van der Waals surface area contributed by atoms with Crippen molar-refractivity contribution in [1.82, 2.24) is 31.9 Å². The van der Waals surface area contributed by atoms with E-state index in [0.717, 1.165) is 23.6 Å². The third-order valence-corrected chi connectivity index (χ3v) is 15.3. The molecule has 65 heavy (non-hydrogen) atoms. The Morgan fingerprint density at radius 3 is 0.877 bits per heavy atom. The number of hydrogen-bond donors (Lipinski definition) is 12. The Kier molecular flexibility index (Phi) is 26.3. The molecule has 22 nitrogen and oxygen atoms in total. The van der Waals surface area contributed by atoms with Crippen molar-refractivity contribution in [3.8, 4) is 0 Å². The van der Waals surface area contributed by atoms with Crippen molar-refractivity contribution in [2.75, 3.05) is 102 Å². The minimum Gasteiger partial charge on any atom is -0.396 e. The Bertz CT molecular complexity index is 1910. The molecular formula is C37H46I6N8O14. The average Bonchev–Trinajstić information content (AvgIpc) is 3.25. The molecule has 28 heteroatoms. The summed E-state index contributed by atoms with van der Waals surface area (Å²) < 4.78 is 1.15. The van der Waals surface area contributed by atoms with Gasteiger partial charge in [-0.25, -0.2) is 0 Å². The highest BCUT2D eigenvalue weighted by molar-refractivity contribution is 14.1. The molecule has 0 unspecified atom stereocenters. The van der Waals surface area contributed by atoms with Crippen molar-refractivity contribution in [1.29, 1.82) is 0 Å². The number of carbonyl (C=O) groups excluding carboxylic acids is 8. The van der Waals surface area contributed by atoms with Crippen LogP contribution in [-0.4, -0.2) is 170 Å². The zero-order chi connectivity index (χ0) is 49.3. The lowest BCUT2D eigenvalue weighted by atomic mass is 9.89. The number of aliphatic hydroxyl groups excluding tert-OH is 6. The van der Waals surface area contributed by atoms with E-state index in [9.17, 15) is 69.0 Å². The van der Waals surface area contributed by atoms with Crippen LogP contribution < -0.4 is 41.7 Å². The van der Waals surface area contributed by atoms with Gasteiger partial charge >= 0.3 is 0 Å². The fourth-order valence-electron chi connectivity index (χ4n) is 5.61. The van der Waals surface area contributed by atoms with E-state index >= 15 is 0 Å². The zero-order valence-electron chi connectivity index (χ0n) is 34.5. The van der Waals surface area contributed by atoms with Crippen molar-refractivity contribution in [2.45, 2.75) is 13.8 Å².